The van der Waals surface area contributed by atoms with Gasteiger partial charge in [0.15, 0.2) is 0 Å². The summed E-state index contributed by atoms with van der Waals surface area (Å²) in [7, 11) is 1.57. The number of anilines is 2. The monoisotopic (exact) mass is 354 g/mol. The Balaban J connectivity index is 2.40. The topological polar surface area (TPSA) is 47.3 Å². The number of hydrogen-bond acceptors (Lipinski definition) is 3. The Morgan fingerprint density at radius 3 is 2.65 bits per heavy atom. The molecule has 2 aromatic rings. The van der Waals surface area contributed by atoms with Gasteiger partial charge in [0.25, 0.3) is 0 Å². The fraction of sp³-hybridized carbons (Fsp3) is 0.0714. The lowest BCUT2D eigenvalue weighted by Crippen LogP contribution is -2.12. The van der Waals surface area contributed by atoms with E-state index in [-0.39, 0.29) is 10.8 Å². The smallest absolute Gasteiger partial charge is 0.139 e. The molecule has 0 aliphatic rings. The summed E-state index contributed by atoms with van der Waals surface area (Å²) in [6.45, 7) is 0. The number of halogens is 2. The van der Waals surface area contributed by atoms with E-state index in [9.17, 15) is 4.39 Å². The summed E-state index contributed by atoms with van der Waals surface area (Å²) in [5.41, 5.74) is 7.61. The molecule has 0 aromatic heterocycles. The van der Waals surface area contributed by atoms with Gasteiger partial charge in [0.05, 0.1) is 17.3 Å². The van der Waals surface area contributed by atoms with Crippen molar-refractivity contribution in [3.8, 4) is 5.75 Å². The van der Waals surface area contributed by atoms with Crippen LogP contribution in [0.3, 0.4) is 0 Å². The van der Waals surface area contributed by atoms with Gasteiger partial charge in [-0.25, -0.2) is 4.39 Å². The van der Waals surface area contributed by atoms with Gasteiger partial charge in [0.2, 0.25) is 0 Å². The molecule has 2 aromatic carbocycles. The average molecular weight is 355 g/mol. The molecule has 0 amide bonds. The SMILES string of the molecule is COc1ccc(C(N)=S)c(Nc2ccc(Br)c(F)c2)c1. The minimum Gasteiger partial charge on any atom is -0.497 e. The van der Waals surface area contributed by atoms with Crippen LogP contribution in [0.5, 0.6) is 5.75 Å². The number of hydrogen-bond donors (Lipinski definition) is 2. The molecule has 0 aliphatic carbocycles. The molecule has 3 nitrogen and oxygen atoms in total. The minimum atomic E-state index is -0.352. The number of ether oxygens (including phenoxy) is 1. The zero-order chi connectivity index (χ0) is 14.7. The van der Waals surface area contributed by atoms with Gasteiger partial charge < -0.3 is 15.8 Å². The van der Waals surface area contributed by atoms with E-state index in [4.69, 9.17) is 22.7 Å². The zero-order valence-corrected chi connectivity index (χ0v) is 13.0. The second-order valence-electron chi connectivity index (χ2n) is 4.03. The predicted octanol–water partition coefficient (Wildman–Crippen LogP) is 3.97. The summed E-state index contributed by atoms with van der Waals surface area (Å²) in [4.78, 5) is 0.257. The van der Waals surface area contributed by atoms with Crippen molar-refractivity contribution in [1.29, 1.82) is 0 Å². The molecule has 0 unspecified atom stereocenters. The van der Waals surface area contributed by atoms with Crippen LogP contribution in [0.2, 0.25) is 0 Å². The standard InChI is InChI=1S/C14H12BrFN2OS/c1-19-9-3-4-10(14(17)20)13(7-9)18-8-2-5-11(15)12(16)6-8/h2-7,18H,1H3,(H2,17,20). The first-order valence-electron chi connectivity index (χ1n) is 5.71. The summed E-state index contributed by atoms with van der Waals surface area (Å²) in [5, 5.41) is 3.09. The zero-order valence-electron chi connectivity index (χ0n) is 10.6. The van der Waals surface area contributed by atoms with Crippen LogP contribution in [0.15, 0.2) is 40.9 Å². The van der Waals surface area contributed by atoms with E-state index >= 15 is 0 Å². The van der Waals surface area contributed by atoms with Crippen LogP contribution in [-0.4, -0.2) is 12.1 Å². The number of nitrogens with one attached hydrogen (secondary N) is 1. The first kappa shape index (κ1) is 14.7. The summed E-state index contributed by atoms with van der Waals surface area (Å²) in [5.74, 6) is 0.305. The van der Waals surface area contributed by atoms with Crippen molar-refractivity contribution in [3.05, 3.63) is 52.3 Å². The normalized spacial score (nSPS) is 10.2. The molecule has 0 bridgehead atoms. The third-order valence-electron chi connectivity index (χ3n) is 2.69. The second kappa shape index (κ2) is 6.19. The van der Waals surface area contributed by atoms with Crippen molar-refractivity contribution in [2.24, 2.45) is 5.73 Å². The highest BCUT2D eigenvalue weighted by atomic mass is 79.9. The maximum absolute atomic E-state index is 13.5. The largest absolute Gasteiger partial charge is 0.497 e. The average Bonchev–Trinajstić information content (AvgIpc) is 2.42. The first-order chi connectivity index (χ1) is 9.51. The number of thiocarbonyl (C=S) groups is 1. The number of methoxy groups -OCH3 is 1. The van der Waals surface area contributed by atoms with Crippen molar-refractivity contribution in [3.63, 3.8) is 0 Å². The molecule has 0 spiro atoms. The fourth-order valence-electron chi connectivity index (χ4n) is 1.70. The summed E-state index contributed by atoms with van der Waals surface area (Å²) in [6, 6.07) is 10.0. The summed E-state index contributed by atoms with van der Waals surface area (Å²) in [6.07, 6.45) is 0. The molecule has 0 atom stereocenters. The van der Waals surface area contributed by atoms with Gasteiger partial charge in [0, 0.05) is 17.3 Å². The Morgan fingerprint density at radius 1 is 1.30 bits per heavy atom. The quantitative estimate of drug-likeness (QED) is 0.815. The van der Waals surface area contributed by atoms with Crippen LogP contribution < -0.4 is 15.8 Å². The molecule has 0 saturated carbocycles. The van der Waals surface area contributed by atoms with E-state index in [1.807, 2.05) is 0 Å². The highest BCUT2D eigenvalue weighted by Gasteiger charge is 2.08. The van der Waals surface area contributed by atoms with Gasteiger partial charge in [-0.05, 0) is 46.3 Å². The van der Waals surface area contributed by atoms with Crippen LogP contribution >= 0.6 is 28.1 Å². The lowest BCUT2D eigenvalue weighted by atomic mass is 10.1. The van der Waals surface area contributed by atoms with Crippen LogP contribution in [-0.2, 0) is 0 Å². The summed E-state index contributed by atoms with van der Waals surface area (Å²) < 4.78 is 19.1. The van der Waals surface area contributed by atoms with Gasteiger partial charge in [-0.2, -0.15) is 0 Å². The lowest BCUT2D eigenvalue weighted by Gasteiger charge is -2.13. The molecule has 20 heavy (non-hydrogen) atoms. The maximum atomic E-state index is 13.5. The van der Waals surface area contributed by atoms with Crippen LogP contribution in [0.25, 0.3) is 0 Å². The van der Waals surface area contributed by atoms with Gasteiger partial charge in [-0.15, -0.1) is 0 Å². The third kappa shape index (κ3) is 3.26. The molecule has 0 heterocycles. The summed E-state index contributed by atoms with van der Waals surface area (Å²) >= 11 is 8.12. The molecule has 3 N–H and O–H groups in total. The van der Waals surface area contributed by atoms with E-state index in [0.717, 1.165) is 0 Å². The van der Waals surface area contributed by atoms with Gasteiger partial charge in [-0.1, -0.05) is 12.2 Å². The third-order valence-corrected chi connectivity index (χ3v) is 3.55. The fourth-order valence-corrected chi connectivity index (χ4v) is 2.12. The van der Waals surface area contributed by atoms with Crippen LogP contribution in [0.4, 0.5) is 15.8 Å². The van der Waals surface area contributed by atoms with Crippen molar-refractivity contribution in [2.75, 3.05) is 12.4 Å². The predicted molar refractivity (Wildman–Crippen MR) is 86.3 cm³/mol. The van der Waals surface area contributed by atoms with Crippen LogP contribution in [0.1, 0.15) is 5.56 Å². The number of nitrogens with two attached hydrogens (primary N) is 1. The lowest BCUT2D eigenvalue weighted by molar-refractivity contribution is 0.415. The van der Waals surface area contributed by atoms with E-state index < -0.39 is 0 Å². The molecule has 0 saturated heterocycles. The molecule has 0 fully saturated rings. The van der Waals surface area contributed by atoms with Crippen LogP contribution in [0, 0.1) is 5.82 Å². The molecule has 104 valence electrons. The highest BCUT2D eigenvalue weighted by Crippen LogP contribution is 2.27. The Morgan fingerprint density at radius 2 is 2.05 bits per heavy atom. The molecule has 0 radical (unpaired) electrons. The maximum Gasteiger partial charge on any atom is 0.139 e. The Kier molecular flexibility index (Phi) is 4.57. The van der Waals surface area contributed by atoms with E-state index in [2.05, 4.69) is 21.2 Å². The number of benzene rings is 2. The second-order valence-corrected chi connectivity index (χ2v) is 5.32. The number of rotatable bonds is 4. The Labute approximate surface area is 130 Å². The van der Waals surface area contributed by atoms with Gasteiger partial charge in [-0.3, -0.25) is 0 Å². The van der Waals surface area contributed by atoms with E-state index in [1.54, 1.807) is 37.4 Å². The molecule has 2 rings (SSSR count). The van der Waals surface area contributed by atoms with Crippen molar-refractivity contribution in [1.82, 2.24) is 0 Å². The molecular weight excluding hydrogens is 343 g/mol. The molecule has 0 aliphatic heterocycles. The first-order valence-corrected chi connectivity index (χ1v) is 6.91. The van der Waals surface area contributed by atoms with E-state index in [1.165, 1.54) is 6.07 Å². The molecule has 6 heteroatoms. The van der Waals surface area contributed by atoms with Crippen molar-refractivity contribution >= 4 is 44.5 Å². The van der Waals surface area contributed by atoms with Gasteiger partial charge >= 0.3 is 0 Å². The van der Waals surface area contributed by atoms with E-state index in [0.29, 0.717) is 27.2 Å². The van der Waals surface area contributed by atoms with Crippen molar-refractivity contribution < 1.29 is 9.13 Å². The van der Waals surface area contributed by atoms with Crippen molar-refractivity contribution in [2.45, 2.75) is 0 Å². The molecular formula is C14H12BrFN2OS. The Bertz CT molecular complexity index is 664. The van der Waals surface area contributed by atoms with Gasteiger partial charge in [0.1, 0.15) is 16.6 Å². The minimum absolute atomic E-state index is 0.257. The Hall–Kier alpha value is -1.66. The highest BCUT2D eigenvalue weighted by molar-refractivity contribution is 9.10.